The van der Waals surface area contributed by atoms with Gasteiger partial charge in [-0.15, -0.1) is 0 Å². The van der Waals surface area contributed by atoms with Crippen LogP contribution in [0.4, 0.5) is 0 Å². The molecule has 106 valence electrons. The Kier molecular flexibility index (Phi) is 4.87. The second-order valence-electron chi connectivity index (χ2n) is 5.27. The molecule has 0 spiro atoms. The zero-order valence-corrected chi connectivity index (χ0v) is 13.4. The second kappa shape index (κ2) is 6.25. The predicted molar refractivity (Wildman–Crippen MR) is 80.8 cm³/mol. The third-order valence-electron chi connectivity index (χ3n) is 4.00. The van der Waals surface area contributed by atoms with Crippen molar-refractivity contribution < 1.29 is 9.47 Å². The summed E-state index contributed by atoms with van der Waals surface area (Å²) in [4.78, 5) is 0. The van der Waals surface area contributed by atoms with Crippen LogP contribution < -0.4 is 10.1 Å². The molecule has 1 saturated heterocycles. The summed E-state index contributed by atoms with van der Waals surface area (Å²) < 4.78 is 12.5. The lowest BCUT2D eigenvalue weighted by atomic mass is 9.88. The molecule has 0 bridgehead atoms. The maximum atomic E-state index is 5.95. The van der Waals surface area contributed by atoms with Crippen molar-refractivity contribution in [3.63, 3.8) is 0 Å². The van der Waals surface area contributed by atoms with Gasteiger partial charge in [0.1, 0.15) is 5.75 Å². The van der Waals surface area contributed by atoms with Gasteiger partial charge in [0.05, 0.1) is 12.7 Å². The fourth-order valence-corrected chi connectivity index (χ4v) is 3.23. The molecule has 19 heavy (non-hydrogen) atoms. The Morgan fingerprint density at radius 3 is 2.89 bits per heavy atom. The van der Waals surface area contributed by atoms with Gasteiger partial charge in [-0.05, 0) is 57.0 Å². The lowest BCUT2D eigenvalue weighted by Crippen LogP contribution is -2.48. The van der Waals surface area contributed by atoms with Crippen molar-refractivity contribution in [3.8, 4) is 5.75 Å². The van der Waals surface area contributed by atoms with Crippen molar-refractivity contribution in [2.45, 2.75) is 37.8 Å². The molecular weight excluding hydrogens is 306 g/mol. The first kappa shape index (κ1) is 14.8. The maximum Gasteiger partial charge on any atom is 0.122 e. The topological polar surface area (TPSA) is 30.5 Å². The first-order valence-corrected chi connectivity index (χ1v) is 7.52. The van der Waals surface area contributed by atoms with E-state index in [2.05, 4.69) is 34.2 Å². The number of methoxy groups -OCH3 is 1. The molecule has 4 heteroatoms. The first-order chi connectivity index (χ1) is 9.09. The molecule has 0 aliphatic carbocycles. The third kappa shape index (κ3) is 3.30. The Hall–Kier alpha value is -0.580. The van der Waals surface area contributed by atoms with E-state index in [0.29, 0.717) is 6.04 Å². The van der Waals surface area contributed by atoms with Gasteiger partial charge >= 0.3 is 0 Å². The first-order valence-electron chi connectivity index (χ1n) is 6.72. The normalized spacial score (nSPS) is 24.4. The number of hydrogen-bond acceptors (Lipinski definition) is 3. The lowest BCUT2D eigenvalue weighted by Gasteiger charge is -2.33. The van der Waals surface area contributed by atoms with E-state index in [0.717, 1.165) is 36.1 Å². The van der Waals surface area contributed by atoms with Gasteiger partial charge in [0.2, 0.25) is 0 Å². The number of rotatable bonds is 5. The fraction of sp³-hybridized carbons (Fsp3) is 0.600. The van der Waals surface area contributed by atoms with Crippen LogP contribution in [0, 0.1) is 0 Å². The highest BCUT2D eigenvalue weighted by Gasteiger charge is 2.37. The zero-order chi connectivity index (χ0) is 13.9. The maximum absolute atomic E-state index is 5.95. The van der Waals surface area contributed by atoms with Crippen molar-refractivity contribution in [1.29, 1.82) is 0 Å². The van der Waals surface area contributed by atoms with E-state index in [1.807, 2.05) is 19.2 Å². The third-order valence-corrected chi connectivity index (χ3v) is 4.49. The summed E-state index contributed by atoms with van der Waals surface area (Å²) in [6, 6.07) is 6.42. The highest BCUT2D eigenvalue weighted by Crippen LogP contribution is 2.32. The number of hydrogen-bond donors (Lipinski definition) is 1. The van der Waals surface area contributed by atoms with E-state index in [4.69, 9.17) is 9.47 Å². The van der Waals surface area contributed by atoms with Crippen LogP contribution in [0.2, 0.25) is 0 Å². The molecule has 1 aromatic carbocycles. The molecule has 0 radical (unpaired) electrons. The van der Waals surface area contributed by atoms with Gasteiger partial charge in [0.15, 0.2) is 0 Å². The highest BCUT2D eigenvalue weighted by molar-refractivity contribution is 9.10. The average Bonchev–Trinajstić information content (AvgIpc) is 2.84. The van der Waals surface area contributed by atoms with Crippen LogP contribution in [0.5, 0.6) is 5.75 Å². The molecule has 2 rings (SSSR count). The molecule has 3 nitrogen and oxygen atoms in total. The summed E-state index contributed by atoms with van der Waals surface area (Å²) in [6.07, 6.45) is 3.15. The van der Waals surface area contributed by atoms with E-state index < -0.39 is 0 Å². The summed E-state index contributed by atoms with van der Waals surface area (Å²) >= 11 is 3.53. The lowest BCUT2D eigenvalue weighted by molar-refractivity contribution is -0.00954. The minimum Gasteiger partial charge on any atom is -0.496 e. The number of ether oxygens (including phenoxy) is 2. The van der Waals surface area contributed by atoms with Crippen LogP contribution in [0.1, 0.15) is 25.3 Å². The van der Waals surface area contributed by atoms with Crippen molar-refractivity contribution in [3.05, 3.63) is 28.2 Å². The average molecular weight is 328 g/mol. The van der Waals surface area contributed by atoms with Gasteiger partial charge in [-0.2, -0.15) is 0 Å². The molecule has 1 aromatic rings. The van der Waals surface area contributed by atoms with Crippen LogP contribution in [-0.2, 0) is 11.2 Å². The molecule has 0 aromatic heterocycles. The number of likely N-dealkylation sites (N-methyl/N-ethyl adjacent to an activating group) is 1. The van der Waals surface area contributed by atoms with Crippen LogP contribution in [0.3, 0.4) is 0 Å². The van der Waals surface area contributed by atoms with Gasteiger partial charge in [0.25, 0.3) is 0 Å². The van der Waals surface area contributed by atoms with Crippen molar-refractivity contribution >= 4 is 15.9 Å². The number of benzene rings is 1. The second-order valence-corrected chi connectivity index (χ2v) is 6.18. The summed E-state index contributed by atoms with van der Waals surface area (Å²) in [7, 11) is 3.72. The summed E-state index contributed by atoms with van der Waals surface area (Å²) in [5.74, 6) is 0.935. The van der Waals surface area contributed by atoms with Crippen molar-refractivity contribution in [1.82, 2.24) is 5.32 Å². The molecule has 0 saturated carbocycles. The monoisotopic (exact) mass is 327 g/mol. The van der Waals surface area contributed by atoms with E-state index in [1.165, 1.54) is 5.56 Å². The van der Waals surface area contributed by atoms with Gasteiger partial charge in [0, 0.05) is 17.1 Å². The highest BCUT2D eigenvalue weighted by atomic mass is 79.9. The zero-order valence-electron chi connectivity index (χ0n) is 11.8. The Morgan fingerprint density at radius 1 is 1.53 bits per heavy atom. The SMILES string of the molecule is CNC(Cc1cc(Br)ccc1OC)C1(C)CCCO1. The van der Waals surface area contributed by atoms with Crippen molar-refractivity contribution in [2.24, 2.45) is 0 Å². The Bertz CT molecular complexity index is 430. The van der Waals surface area contributed by atoms with Crippen LogP contribution in [-0.4, -0.2) is 32.4 Å². The molecular formula is C15H22BrNO2. The van der Waals surface area contributed by atoms with E-state index in [-0.39, 0.29) is 5.60 Å². The van der Waals surface area contributed by atoms with Crippen LogP contribution in [0.15, 0.2) is 22.7 Å². The Balaban J connectivity index is 2.20. The summed E-state index contributed by atoms with van der Waals surface area (Å²) in [6.45, 7) is 3.07. The molecule has 2 unspecified atom stereocenters. The summed E-state index contributed by atoms with van der Waals surface area (Å²) in [5.41, 5.74) is 1.12. The Morgan fingerprint density at radius 2 is 2.32 bits per heavy atom. The molecule has 1 heterocycles. The Labute approximate surface area is 123 Å². The molecule has 1 aliphatic heterocycles. The number of halogens is 1. The minimum atomic E-state index is -0.0813. The van der Waals surface area contributed by atoms with Crippen LogP contribution in [0.25, 0.3) is 0 Å². The van der Waals surface area contributed by atoms with Crippen molar-refractivity contribution in [2.75, 3.05) is 20.8 Å². The molecule has 0 amide bonds. The summed E-state index contributed by atoms with van der Waals surface area (Å²) in [5, 5.41) is 3.41. The standard InChI is InChI=1S/C15H22BrNO2/c1-15(7-4-8-19-15)14(17-2)10-11-9-12(16)5-6-13(11)18-3/h5-6,9,14,17H,4,7-8,10H2,1-3H3. The van der Waals surface area contributed by atoms with Gasteiger partial charge in [-0.25, -0.2) is 0 Å². The van der Waals surface area contributed by atoms with Gasteiger partial charge in [-0.3, -0.25) is 0 Å². The molecule has 1 aliphatic rings. The fourth-order valence-electron chi connectivity index (χ4n) is 2.83. The quantitative estimate of drug-likeness (QED) is 0.901. The van der Waals surface area contributed by atoms with E-state index >= 15 is 0 Å². The molecule has 2 atom stereocenters. The van der Waals surface area contributed by atoms with Crippen LogP contribution >= 0.6 is 15.9 Å². The number of nitrogens with one attached hydrogen (secondary N) is 1. The largest absolute Gasteiger partial charge is 0.496 e. The minimum absolute atomic E-state index is 0.0813. The molecule has 1 N–H and O–H groups in total. The smallest absolute Gasteiger partial charge is 0.122 e. The van der Waals surface area contributed by atoms with Gasteiger partial charge in [-0.1, -0.05) is 15.9 Å². The van der Waals surface area contributed by atoms with E-state index in [9.17, 15) is 0 Å². The predicted octanol–water partition coefficient (Wildman–Crippen LogP) is 3.16. The van der Waals surface area contributed by atoms with Gasteiger partial charge < -0.3 is 14.8 Å². The molecule has 1 fully saturated rings. The van der Waals surface area contributed by atoms with E-state index in [1.54, 1.807) is 7.11 Å².